The van der Waals surface area contributed by atoms with Gasteiger partial charge < -0.3 is 10.2 Å². The lowest BCUT2D eigenvalue weighted by Crippen LogP contribution is -2.43. The van der Waals surface area contributed by atoms with E-state index < -0.39 is 0 Å². The highest BCUT2D eigenvalue weighted by molar-refractivity contribution is 9.10. The second-order valence-electron chi connectivity index (χ2n) is 4.82. The van der Waals surface area contributed by atoms with Crippen LogP contribution < -0.4 is 5.32 Å². The van der Waals surface area contributed by atoms with Gasteiger partial charge in [-0.25, -0.2) is 4.98 Å². The molecule has 0 aromatic carbocycles. The molecule has 1 aromatic rings. The number of piperidine rings is 1. The Kier molecular flexibility index (Phi) is 5.11. The highest BCUT2D eigenvalue weighted by Gasteiger charge is 2.27. The van der Waals surface area contributed by atoms with Crippen LogP contribution in [-0.2, 0) is 4.79 Å². The summed E-state index contributed by atoms with van der Waals surface area (Å²) in [6.45, 7) is 3.79. The van der Waals surface area contributed by atoms with E-state index >= 15 is 0 Å². The fraction of sp³-hybridized carbons (Fsp3) is 0.500. The molecule has 0 saturated carbocycles. The molecule has 1 aromatic heterocycles. The van der Waals surface area contributed by atoms with Gasteiger partial charge in [0.15, 0.2) is 0 Å². The first-order chi connectivity index (χ1) is 9.61. The molecule has 6 heteroatoms. The molecule has 1 aliphatic rings. The molecule has 0 atom stereocenters. The molecule has 108 valence electrons. The summed E-state index contributed by atoms with van der Waals surface area (Å²) in [4.78, 5) is 29.9. The molecule has 0 unspecified atom stereocenters. The van der Waals surface area contributed by atoms with E-state index in [-0.39, 0.29) is 17.7 Å². The number of amides is 2. The van der Waals surface area contributed by atoms with Crippen LogP contribution in [0.5, 0.6) is 0 Å². The highest BCUT2D eigenvalue weighted by atomic mass is 79.9. The molecule has 2 rings (SSSR count). The Labute approximate surface area is 126 Å². The molecule has 5 nitrogen and oxygen atoms in total. The molecule has 1 aliphatic heterocycles. The summed E-state index contributed by atoms with van der Waals surface area (Å²) in [5.74, 6) is 0.0603. The molecule has 1 N–H and O–H groups in total. The molecule has 1 fully saturated rings. The minimum atomic E-state index is -0.0631. The number of nitrogens with one attached hydrogen (secondary N) is 1. The molecule has 0 bridgehead atoms. The summed E-state index contributed by atoms with van der Waals surface area (Å²) < 4.78 is 0.851. The van der Waals surface area contributed by atoms with Gasteiger partial charge >= 0.3 is 0 Å². The molecule has 1 saturated heterocycles. The maximum absolute atomic E-state index is 12.3. The van der Waals surface area contributed by atoms with E-state index in [0.29, 0.717) is 38.2 Å². The van der Waals surface area contributed by atoms with Crippen molar-refractivity contribution in [2.45, 2.75) is 19.8 Å². The van der Waals surface area contributed by atoms with E-state index in [1.165, 1.54) is 0 Å². The number of pyridine rings is 1. The van der Waals surface area contributed by atoms with Crippen LogP contribution in [0.25, 0.3) is 0 Å². The van der Waals surface area contributed by atoms with E-state index in [0.717, 1.165) is 4.47 Å². The van der Waals surface area contributed by atoms with Crippen molar-refractivity contribution in [2.75, 3.05) is 19.6 Å². The first-order valence-corrected chi connectivity index (χ1v) is 7.59. The number of hydrogen-bond donors (Lipinski definition) is 1. The second kappa shape index (κ2) is 6.83. The summed E-state index contributed by atoms with van der Waals surface area (Å²) in [7, 11) is 0. The van der Waals surface area contributed by atoms with Gasteiger partial charge in [-0.1, -0.05) is 0 Å². The van der Waals surface area contributed by atoms with Crippen molar-refractivity contribution in [3.63, 3.8) is 0 Å². The van der Waals surface area contributed by atoms with Gasteiger partial charge in [0.05, 0.1) is 0 Å². The van der Waals surface area contributed by atoms with Crippen LogP contribution >= 0.6 is 15.9 Å². The van der Waals surface area contributed by atoms with Crippen molar-refractivity contribution >= 4 is 27.7 Å². The SMILES string of the molecule is CCNC(=O)C1CCN(C(=O)c2ccc(Br)cn2)CC1. The highest BCUT2D eigenvalue weighted by Crippen LogP contribution is 2.19. The normalized spacial score (nSPS) is 16.0. The predicted molar refractivity (Wildman–Crippen MR) is 79.2 cm³/mol. The Hall–Kier alpha value is -1.43. The molecular weight excluding hydrogens is 322 g/mol. The largest absolute Gasteiger partial charge is 0.356 e. The zero-order chi connectivity index (χ0) is 14.5. The quantitative estimate of drug-likeness (QED) is 0.913. The van der Waals surface area contributed by atoms with Crippen molar-refractivity contribution in [2.24, 2.45) is 5.92 Å². The fourth-order valence-electron chi connectivity index (χ4n) is 2.33. The van der Waals surface area contributed by atoms with Crippen molar-refractivity contribution in [1.29, 1.82) is 0 Å². The van der Waals surface area contributed by atoms with Crippen molar-refractivity contribution in [1.82, 2.24) is 15.2 Å². The average Bonchev–Trinajstić information content (AvgIpc) is 2.48. The summed E-state index contributed by atoms with van der Waals surface area (Å²) in [6, 6.07) is 3.52. The number of aromatic nitrogens is 1. The van der Waals surface area contributed by atoms with E-state index in [1.807, 2.05) is 13.0 Å². The predicted octanol–water partition coefficient (Wildman–Crippen LogP) is 1.83. The third-order valence-corrected chi connectivity index (χ3v) is 3.92. The van der Waals surface area contributed by atoms with E-state index in [4.69, 9.17) is 0 Å². The third-order valence-electron chi connectivity index (χ3n) is 3.45. The number of rotatable bonds is 3. The summed E-state index contributed by atoms with van der Waals surface area (Å²) in [6.07, 6.45) is 3.05. The van der Waals surface area contributed by atoms with Crippen molar-refractivity contribution in [3.8, 4) is 0 Å². The monoisotopic (exact) mass is 339 g/mol. The molecule has 0 radical (unpaired) electrons. The third kappa shape index (κ3) is 3.56. The zero-order valence-corrected chi connectivity index (χ0v) is 13.0. The van der Waals surface area contributed by atoms with Crippen LogP contribution in [0.4, 0.5) is 0 Å². The lowest BCUT2D eigenvalue weighted by atomic mass is 9.95. The first kappa shape index (κ1) is 15.0. The minimum Gasteiger partial charge on any atom is -0.356 e. The topological polar surface area (TPSA) is 62.3 Å². The van der Waals surface area contributed by atoms with E-state index in [9.17, 15) is 9.59 Å². The summed E-state index contributed by atoms with van der Waals surface area (Å²) >= 11 is 3.30. The van der Waals surface area contributed by atoms with Gasteiger partial charge in [-0.15, -0.1) is 0 Å². The molecule has 0 aliphatic carbocycles. The van der Waals surface area contributed by atoms with E-state index in [2.05, 4.69) is 26.2 Å². The molecule has 0 spiro atoms. The fourth-order valence-corrected chi connectivity index (χ4v) is 2.56. The number of likely N-dealkylation sites (tertiary alicyclic amines) is 1. The number of halogens is 1. The molecular formula is C14H18BrN3O2. The van der Waals surface area contributed by atoms with Gasteiger partial charge in [-0.3, -0.25) is 9.59 Å². The smallest absolute Gasteiger partial charge is 0.272 e. The van der Waals surface area contributed by atoms with Crippen LogP contribution in [0.15, 0.2) is 22.8 Å². The van der Waals surface area contributed by atoms with Gasteiger partial charge in [-0.05, 0) is 47.8 Å². The van der Waals surface area contributed by atoms with Gasteiger partial charge in [0, 0.05) is 36.2 Å². The Morgan fingerprint density at radius 1 is 1.40 bits per heavy atom. The van der Waals surface area contributed by atoms with Gasteiger partial charge in [0.1, 0.15) is 5.69 Å². The van der Waals surface area contributed by atoms with Crippen LogP contribution in [0.2, 0.25) is 0 Å². The number of hydrogen-bond acceptors (Lipinski definition) is 3. The van der Waals surface area contributed by atoms with Crippen molar-refractivity contribution < 1.29 is 9.59 Å². The molecule has 2 amide bonds. The first-order valence-electron chi connectivity index (χ1n) is 6.80. The van der Waals surface area contributed by atoms with Gasteiger partial charge in [0.2, 0.25) is 5.91 Å². The van der Waals surface area contributed by atoms with Crippen LogP contribution in [0, 0.1) is 5.92 Å². The zero-order valence-electron chi connectivity index (χ0n) is 11.4. The molecule has 2 heterocycles. The number of carbonyl (C=O) groups excluding carboxylic acids is 2. The Morgan fingerprint density at radius 3 is 2.65 bits per heavy atom. The lowest BCUT2D eigenvalue weighted by molar-refractivity contribution is -0.126. The Balaban J connectivity index is 1.92. The van der Waals surface area contributed by atoms with Crippen molar-refractivity contribution in [3.05, 3.63) is 28.5 Å². The summed E-state index contributed by atoms with van der Waals surface area (Å²) in [5, 5.41) is 2.84. The number of nitrogens with zero attached hydrogens (tertiary/aromatic N) is 2. The molecule has 20 heavy (non-hydrogen) atoms. The lowest BCUT2D eigenvalue weighted by Gasteiger charge is -2.31. The van der Waals surface area contributed by atoms with Crippen LogP contribution in [0.3, 0.4) is 0 Å². The Bertz CT molecular complexity index is 482. The standard InChI is InChI=1S/C14H18BrN3O2/c1-2-16-13(19)10-5-7-18(8-6-10)14(20)12-4-3-11(15)9-17-12/h3-4,9-10H,2,5-8H2,1H3,(H,16,19). The maximum atomic E-state index is 12.3. The Morgan fingerprint density at radius 2 is 2.10 bits per heavy atom. The van der Waals surface area contributed by atoms with Gasteiger partial charge in [0.25, 0.3) is 5.91 Å². The maximum Gasteiger partial charge on any atom is 0.272 e. The second-order valence-corrected chi connectivity index (χ2v) is 5.74. The van der Waals surface area contributed by atoms with Crippen LogP contribution in [-0.4, -0.2) is 41.3 Å². The van der Waals surface area contributed by atoms with E-state index in [1.54, 1.807) is 17.2 Å². The average molecular weight is 340 g/mol. The minimum absolute atomic E-state index is 0.0249. The van der Waals surface area contributed by atoms with Gasteiger partial charge in [-0.2, -0.15) is 0 Å². The van der Waals surface area contributed by atoms with Crippen LogP contribution in [0.1, 0.15) is 30.3 Å². The summed E-state index contributed by atoms with van der Waals surface area (Å²) in [5.41, 5.74) is 0.449. The number of carbonyl (C=O) groups is 2.